The van der Waals surface area contributed by atoms with Gasteiger partial charge in [-0.15, -0.1) is 0 Å². The van der Waals surface area contributed by atoms with Crippen molar-refractivity contribution >= 4 is 35.0 Å². The summed E-state index contributed by atoms with van der Waals surface area (Å²) in [6.45, 7) is 7.50. The Labute approximate surface area is 169 Å². The van der Waals surface area contributed by atoms with Gasteiger partial charge in [0, 0.05) is 35.3 Å². The predicted molar refractivity (Wildman–Crippen MR) is 109 cm³/mol. The zero-order valence-electron chi connectivity index (χ0n) is 16.3. The molecule has 2 N–H and O–H groups in total. The maximum Gasteiger partial charge on any atom is 0.256 e. The molecule has 0 bridgehead atoms. The molecule has 0 atom stereocenters. The van der Waals surface area contributed by atoms with Crippen molar-refractivity contribution in [1.29, 1.82) is 0 Å². The van der Waals surface area contributed by atoms with Gasteiger partial charge in [0.2, 0.25) is 11.8 Å². The van der Waals surface area contributed by atoms with Crippen LogP contribution in [0.4, 0.5) is 11.6 Å². The lowest BCUT2D eigenvalue weighted by Crippen LogP contribution is -2.29. The smallest absolute Gasteiger partial charge is 0.256 e. The normalized spacial score (nSPS) is 14.2. The molecule has 8 heteroatoms. The van der Waals surface area contributed by atoms with E-state index < -0.39 is 0 Å². The fourth-order valence-electron chi connectivity index (χ4n) is 2.98. The first-order valence-corrected chi connectivity index (χ1v) is 9.71. The zero-order chi connectivity index (χ0) is 20.3. The van der Waals surface area contributed by atoms with Gasteiger partial charge in [-0.3, -0.25) is 14.9 Å². The summed E-state index contributed by atoms with van der Waals surface area (Å²) >= 11 is 6.08. The highest BCUT2D eigenvalue weighted by atomic mass is 35.5. The number of aromatic nitrogens is 1. The van der Waals surface area contributed by atoms with Gasteiger partial charge in [-0.2, -0.15) is 0 Å². The highest BCUT2D eigenvalue weighted by molar-refractivity contribution is 6.31. The number of hydrogen-bond acceptors (Lipinski definition) is 5. The maximum absolute atomic E-state index is 12.8. The molecule has 1 aliphatic heterocycles. The van der Waals surface area contributed by atoms with Gasteiger partial charge >= 0.3 is 0 Å². The molecule has 2 heterocycles. The number of nitrogens with one attached hydrogen (secondary N) is 2. The van der Waals surface area contributed by atoms with Gasteiger partial charge in [0.1, 0.15) is 0 Å². The van der Waals surface area contributed by atoms with Gasteiger partial charge in [0.15, 0.2) is 0 Å². The lowest BCUT2D eigenvalue weighted by molar-refractivity contribution is -0.114. The molecule has 7 nitrogen and oxygen atoms in total. The van der Waals surface area contributed by atoms with Crippen molar-refractivity contribution in [1.82, 2.24) is 10.1 Å². The molecule has 150 valence electrons. The summed E-state index contributed by atoms with van der Waals surface area (Å²) in [5, 5.41) is 10.1. The number of nitrogens with zero attached hydrogens (tertiary/aromatic N) is 2. The van der Waals surface area contributed by atoms with Crippen LogP contribution in [0.15, 0.2) is 28.8 Å². The van der Waals surface area contributed by atoms with Crippen LogP contribution >= 0.6 is 11.6 Å². The molecule has 1 aliphatic rings. The highest BCUT2D eigenvalue weighted by Crippen LogP contribution is 2.25. The predicted octanol–water partition coefficient (Wildman–Crippen LogP) is 3.91. The van der Waals surface area contributed by atoms with E-state index in [0.717, 1.165) is 31.6 Å². The van der Waals surface area contributed by atoms with E-state index in [1.807, 2.05) is 20.8 Å². The van der Waals surface area contributed by atoms with Gasteiger partial charge in [-0.05, 0) is 31.0 Å². The van der Waals surface area contributed by atoms with Gasteiger partial charge in [-0.25, -0.2) is 0 Å². The standard InChI is InChI=1S/C20H25ClN4O3/c1-20(2,3)16-11-18(28-24-16)23-17(26)12-22-15-7-6-13(21)10-14(15)19(27)25-8-4-5-9-25/h6-7,10-11,22H,4-5,8-9,12H2,1-3H3,(H,23,26). The average Bonchev–Trinajstić information content (AvgIpc) is 3.31. The molecule has 1 saturated heterocycles. The van der Waals surface area contributed by atoms with Crippen LogP contribution in [0.1, 0.15) is 49.7 Å². The quantitative estimate of drug-likeness (QED) is 0.788. The Bertz CT molecular complexity index is 867. The third kappa shape index (κ3) is 4.84. The second kappa shape index (κ2) is 8.22. The number of rotatable bonds is 5. The van der Waals surface area contributed by atoms with E-state index in [1.54, 1.807) is 29.2 Å². The number of carbonyl (C=O) groups excluding carboxylic acids is 2. The van der Waals surface area contributed by atoms with Crippen LogP contribution in [0.2, 0.25) is 5.02 Å². The van der Waals surface area contributed by atoms with Crippen molar-refractivity contribution in [2.75, 3.05) is 30.3 Å². The Hall–Kier alpha value is -2.54. The van der Waals surface area contributed by atoms with Crippen molar-refractivity contribution in [3.8, 4) is 0 Å². The maximum atomic E-state index is 12.8. The largest absolute Gasteiger partial charge is 0.375 e. The first kappa shape index (κ1) is 20.2. The number of carbonyl (C=O) groups is 2. The molecule has 2 amide bonds. The molecular formula is C20H25ClN4O3. The van der Waals surface area contributed by atoms with Crippen LogP contribution in [0, 0.1) is 0 Å². The summed E-state index contributed by atoms with van der Waals surface area (Å²) in [7, 11) is 0. The molecule has 1 aromatic heterocycles. The van der Waals surface area contributed by atoms with Crippen molar-refractivity contribution in [2.45, 2.75) is 39.0 Å². The van der Waals surface area contributed by atoms with E-state index in [9.17, 15) is 9.59 Å². The van der Waals surface area contributed by atoms with E-state index in [1.165, 1.54) is 0 Å². The van der Waals surface area contributed by atoms with E-state index in [-0.39, 0.29) is 23.8 Å². The highest BCUT2D eigenvalue weighted by Gasteiger charge is 2.23. The second-order valence-electron chi connectivity index (χ2n) is 7.92. The van der Waals surface area contributed by atoms with Crippen LogP contribution in [0.25, 0.3) is 0 Å². The molecule has 3 rings (SSSR count). The molecule has 0 saturated carbocycles. The van der Waals surface area contributed by atoms with Crippen molar-refractivity contribution in [3.05, 3.63) is 40.5 Å². The van der Waals surface area contributed by atoms with Crippen LogP contribution in [-0.2, 0) is 10.2 Å². The Kier molecular flexibility index (Phi) is 5.93. The fourth-order valence-corrected chi connectivity index (χ4v) is 3.15. The van der Waals surface area contributed by atoms with Crippen molar-refractivity contribution in [2.24, 2.45) is 0 Å². The van der Waals surface area contributed by atoms with Crippen LogP contribution in [-0.4, -0.2) is 41.5 Å². The zero-order valence-corrected chi connectivity index (χ0v) is 17.1. The second-order valence-corrected chi connectivity index (χ2v) is 8.35. The Morgan fingerprint density at radius 1 is 1.21 bits per heavy atom. The van der Waals surface area contributed by atoms with E-state index in [4.69, 9.17) is 16.1 Å². The van der Waals surface area contributed by atoms with Gasteiger partial charge < -0.3 is 14.7 Å². The Morgan fingerprint density at radius 2 is 1.93 bits per heavy atom. The van der Waals surface area contributed by atoms with Crippen LogP contribution < -0.4 is 10.6 Å². The van der Waals surface area contributed by atoms with Gasteiger partial charge in [0.05, 0.1) is 17.8 Å². The minimum Gasteiger partial charge on any atom is -0.375 e. The monoisotopic (exact) mass is 404 g/mol. The van der Waals surface area contributed by atoms with Crippen LogP contribution in [0.3, 0.4) is 0 Å². The average molecular weight is 405 g/mol. The third-order valence-corrected chi connectivity index (χ3v) is 4.82. The molecule has 0 aliphatic carbocycles. The summed E-state index contributed by atoms with van der Waals surface area (Å²) in [5.41, 5.74) is 1.63. The number of likely N-dealkylation sites (tertiary alicyclic amines) is 1. The van der Waals surface area contributed by atoms with E-state index >= 15 is 0 Å². The molecule has 28 heavy (non-hydrogen) atoms. The van der Waals surface area contributed by atoms with Crippen molar-refractivity contribution in [3.63, 3.8) is 0 Å². The molecule has 1 fully saturated rings. The summed E-state index contributed by atoms with van der Waals surface area (Å²) in [4.78, 5) is 26.8. The molecule has 2 aromatic rings. The summed E-state index contributed by atoms with van der Waals surface area (Å²) in [5.74, 6) is -0.0831. The SMILES string of the molecule is CC(C)(C)c1cc(NC(=O)CNc2ccc(Cl)cc2C(=O)N2CCCC2)on1. The molecule has 0 spiro atoms. The van der Waals surface area contributed by atoms with E-state index in [2.05, 4.69) is 15.8 Å². The minimum atomic E-state index is -0.300. The third-order valence-electron chi connectivity index (χ3n) is 4.59. The molecular weight excluding hydrogens is 380 g/mol. The number of amides is 2. The summed E-state index contributed by atoms with van der Waals surface area (Å²) in [6, 6.07) is 6.75. The fraction of sp³-hybridized carbons (Fsp3) is 0.450. The topological polar surface area (TPSA) is 87.5 Å². The van der Waals surface area contributed by atoms with Crippen LogP contribution in [0.5, 0.6) is 0 Å². The lowest BCUT2D eigenvalue weighted by atomic mass is 9.92. The molecule has 0 radical (unpaired) electrons. The lowest BCUT2D eigenvalue weighted by Gasteiger charge is -2.18. The Balaban J connectivity index is 1.64. The summed E-state index contributed by atoms with van der Waals surface area (Å²) in [6.07, 6.45) is 2.01. The molecule has 0 unspecified atom stereocenters. The number of halogens is 1. The number of hydrogen-bond donors (Lipinski definition) is 2. The number of anilines is 2. The number of benzene rings is 1. The molecule has 1 aromatic carbocycles. The van der Waals surface area contributed by atoms with Crippen molar-refractivity contribution < 1.29 is 14.1 Å². The Morgan fingerprint density at radius 3 is 2.57 bits per heavy atom. The van der Waals surface area contributed by atoms with Gasteiger partial charge in [0.25, 0.3) is 5.91 Å². The van der Waals surface area contributed by atoms with E-state index in [0.29, 0.717) is 22.2 Å². The minimum absolute atomic E-state index is 0.0204. The summed E-state index contributed by atoms with van der Waals surface area (Å²) < 4.78 is 5.17. The first-order chi connectivity index (χ1) is 13.2. The van der Waals surface area contributed by atoms with Gasteiger partial charge in [-0.1, -0.05) is 37.5 Å². The first-order valence-electron chi connectivity index (χ1n) is 9.34.